The third-order valence-corrected chi connectivity index (χ3v) is 4.23. The predicted octanol–water partition coefficient (Wildman–Crippen LogP) is 3.27. The van der Waals surface area contributed by atoms with E-state index in [9.17, 15) is 8.78 Å². The second kappa shape index (κ2) is 5.97. The lowest BCUT2D eigenvalue weighted by Gasteiger charge is -2.37. The largest absolute Gasteiger partial charge is 0.380 e. The fraction of sp³-hybridized carbons (Fsp3) is 0.600. The molecule has 1 saturated carbocycles. The van der Waals surface area contributed by atoms with Crippen LogP contribution in [0.25, 0.3) is 0 Å². The van der Waals surface area contributed by atoms with Gasteiger partial charge in [0.05, 0.1) is 6.61 Å². The van der Waals surface area contributed by atoms with Crippen LogP contribution in [0.1, 0.15) is 43.2 Å². The van der Waals surface area contributed by atoms with Gasteiger partial charge >= 0.3 is 0 Å². The van der Waals surface area contributed by atoms with Gasteiger partial charge in [0.2, 0.25) is 0 Å². The highest BCUT2D eigenvalue weighted by molar-refractivity contribution is 5.33. The highest BCUT2D eigenvalue weighted by Gasteiger charge is 2.36. The van der Waals surface area contributed by atoms with E-state index in [0.29, 0.717) is 12.1 Å². The zero-order chi connectivity index (χ0) is 13.9. The summed E-state index contributed by atoms with van der Waals surface area (Å²) in [6, 6.07) is 3.30. The van der Waals surface area contributed by atoms with Gasteiger partial charge in [0.1, 0.15) is 0 Å². The zero-order valence-electron chi connectivity index (χ0n) is 11.3. The first-order valence-corrected chi connectivity index (χ1v) is 6.81. The molecular weight excluding hydrogens is 248 g/mol. The zero-order valence-corrected chi connectivity index (χ0v) is 11.3. The molecule has 0 aromatic heterocycles. The van der Waals surface area contributed by atoms with E-state index in [1.54, 1.807) is 12.1 Å². The Hall–Kier alpha value is -1.00. The maximum atomic E-state index is 14.3. The van der Waals surface area contributed by atoms with Crippen LogP contribution in [0.15, 0.2) is 12.1 Å². The van der Waals surface area contributed by atoms with E-state index in [1.165, 1.54) is 7.11 Å². The molecular formula is C15H21F2NO. The molecule has 0 amide bonds. The van der Waals surface area contributed by atoms with Crippen molar-refractivity contribution in [3.63, 3.8) is 0 Å². The minimum absolute atomic E-state index is 0.0820. The van der Waals surface area contributed by atoms with Crippen LogP contribution in [0.3, 0.4) is 0 Å². The van der Waals surface area contributed by atoms with Gasteiger partial charge in [-0.15, -0.1) is 0 Å². The molecule has 0 bridgehead atoms. The maximum Gasteiger partial charge on any atom is 0.164 e. The van der Waals surface area contributed by atoms with Crippen LogP contribution in [-0.4, -0.2) is 13.7 Å². The Morgan fingerprint density at radius 3 is 2.42 bits per heavy atom. The molecule has 0 radical (unpaired) electrons. The number of ether oxygens (including phenoxy) is 1. The molecule has 106 valence electrons. The van der Waals surface area contributed by atoms with E-state index in [0.717, 1.165) is 32.1 Å². The van der Waals surface area contributed by atoms with Crippen LogP contribution < -0.4 is 5.73 Å². The summed E-state index contributed by atoms with van der Waals surface area (Å²) in [6.07, 6.45) is 4.87. The average Bonchev–Trinajstić information content (AvgIpc) is 2.45. The van der Waals surface area contributed by atoms with E-state index in [1.807, 2.05) is 0 Å². The topological polar surface area (TPSA) is 35.2 Å². The first-order chi connectivity index (χ1) is 9.14. The molecule has 0 spiro atoms. The number of benzene rings is 1. The Morgan fingerprint density at radius 2 is 1.84 bits per heavy atom. The molecule has 2 N–H and O–H groups in total. The molecule has 1 aliphatic carbocycles. The van der Waals surface area contributed by atoms with Crippen molar-refractivity contribution in [2.75, 3.05) is 13.7 Å². The predicted molar refractivity (Wildman–Crippen MR) is 70.9 cm³/mol. The van der Waals surface area contributed by atoms with E-state index < -0.39 is 17.0 Å². The number of nitrogens with two attached hydrogens (primary N) is 1. The quantitative estimate of drug-likeness (QED) is 0.910. The van der Waals surface area contributed by atoms with E-state index in [-0.39, 0.29) is 12.2 Å². The van der Waals surface area contributed by atoms with Crippen LogP contribution in [0.5, 0.6) is 0 Å². The van der Waals surface area contributed by atoms with Crippen molar-refractivity contribution in [1.29, 1.82) is 0 Å². The Bertz CT molecular complexity index is 442. The molecule has 0 saturated heterocycles. The van der Waals surface area contributed by atoms with Gasteiger partial charge in [0.25, 0.3) is 0 Å². The van der Waals surface area contributed by atoms with Crippen molar-refractivity contribution < 1.29 is 13.5 Å². The summed E-state index contributed by atoms with van der Waals surface area (Å²) in [6.45, 7) is 0.450. The minimum Gasteiger partial charge on any atom is -0.380 e. The van der Waals surface area contributed by atoms with Crippen LogP contribution in [0.2, 0.25) is 0 Å². The Kier molecular flexibility index (Phi) is 4.53. The Balaban J connectivity index is 2.41. The number of hydrogen-bond donors (Lipinski definition) is 1. The van der Waals surface area contributed by atoms with Gasteiger partial charge in [-0.2, -0.15) is 0 Å². The molecule has 1 fully saturated rings. The van der Waals surface area contributed by atoms with Gasteiger partial charge in [-0.25, -0.2) is 8.78 Å². The van der Waals surface area contributed by atoms with Crippen molar-refractivity contribution in [1.82, 2.24) is 0 Å². The smallest absolute Gasteiger partial charge is 0.164 e. The van der Waals surface area contributed by atoms with Gasteiger partial charge in [0.15, 0.2) is 11.6 Å². The highest BCUT2D eigenvalue weighted by Crippen LogP contribution is 2.40. The van der Waals surface area contributed by atoms with Crippen molar-refractivity contribution in [3.8, 4) is 0 Å². The third-order valence-electron chi connectivity index (χ3n) is 4.23. The lowest BCUT2D eigenvalue weighted by atomic mass is 9.69. The first kappa shape index (κ1) is 14.4. The molecule has 2 rings (SSSR count). The molecule has 4 heteroatoms. The summed E-state index contributed by atoms with van der Waals surface area (Å²) in [7, 11) is 1.47. The van der Waals surface area contributed by atoms with Crippen molar-refractivity contribution in [2.24, 2.45) is 5.73 Å². The van der Waals surface area contributed by atoms with E-state index in [4.69, 9.17) is 10.5 Å². The molecule has 19 heavy (non-hydrogen) atoms. The third kappa shape index (κ3) is 2.65. The van der Waals surface area contributed by atoms with Crippen LogP contribution >= 0.6 is 0 Å². The second-order valence-electron chi connectivity index (χ2n) is 5.38. The molecule has 0 atom stereocenters. The molecule has 1 aromatic carbocycles. The summed E-state index contributed by atoms with van der Waals surface area (Å²) < 4.78 is 33.2. The molecule has 0 aliphatic heterocycles. The van der Waals surface area contributed by atoms with Crippen LogP contribution in [-0.2, 0) is 16.8 Å². The van der Waals surface area contributed by atoms with E-state index in [2.05, 4.69) is 0 Å². The molecule has 0 unspecified atom stereocenters. The summed E-state index contributed by atoms with van der Waals surface area (Å²) in [4.78, 5) is 0. The Morgan fingerprint density at radius 1 is 1.16 bits per heavy atom. The summed E-state index contributed by atoms with van der Waals surface area (Å²) in [5.74, 6) is -1.54. The standard InChI is InChI=1S/C15H21F2NO/c1-19-9-11-5-6-12(14(17)13(11)16)15(10-18)7-3-2-4-8-15/h5-6H,2-4,7-10,18H2,1H3. The second-order valence-corrected chi connectivity index (χ2v) is 5.38. The van der Waals surface area contributed by atoms with E-state index >= 15 is 0 Å². The SMILES string of the molecule is COCc1ccc(C2(CN)CCCCC2)c(F)c1F. The number of rotatable bonds is 4. The minimum atomic E-state index is -0.794. The first-order valence-electron chi connectivity index (χ1n) is 6.81. The summed E-state index contributed by atoms with van der Waals surface area (Å²) >= 11 is 0. The maximum absolute atomic E-state index is 14.3. The fourth-order valence-corrected chi connectivity index (χ4v) is 3.08. The summed E-state index contributed by atoms with van der Waals surface area (Å²) in [5.41, 5.74) is 6.17. The lowest BCUT2D eigenvalue weighted by molar-refractivity contribution is 0.180. The van der Waals surface area contributed by atoms with Crippen molar-refractivity contribution in [3.05, 3.63) is 34.9 Å². The molecule has 0 heterocycles. The molecule has 1 aromatic rings. The summed E-state index contributed by atoms with van der Waals surface area (Å²) in [5, 5.41) is 0. The van der Waals surface area contributed by atoms with Crippen molar-refractivity contribution >= 4 is 0 Å². The van der Waals surface area contributed by atoms with Gasteiger partial charge in [-0.05, 0) is 18.4 Å². The van der Waals surface area contributed by atoms with Gasteiger partial charge in [0, 0.05) is 24.6 Å². The lowest BCUT2D eigenvalue weighted by Crippen LogP contribution is -2.38. The number of methoxy groups -OCH3 is 1. The van der Waals surface area contributed by atoms with Crippen molar-refractivity contribution in [2.45, 2.75) is 44.1 Å². The molecule has 2 nitrogen and oxygen atoms in total. The van der Waals surface area contributed by atoms with Gasteiger partial charge in [-0.1, -0.05) is 31.4 Å². The Labute approximate surface area is 112 Å². The number of halogens is 2. The average molecular weight is 269 g/mol. The normalized spacial score (nSPS) is 18.5. The number of hydrogen-bond acceptors (Lipinski definition) is 2. The van der Waals surface area contributed by atoms with Crippen LogP contribution in [0, 0.1) is 11.6 Å². The highest BCUT2D eigenvalue weighted by atomic mass is 19.2. The van der Waals surface area contributed by atoms with Gasteiger partial charge in [-0.3, -0.25) is 0 Å². The molecule has 1 aliphatic rings. The van der Waals surface area contributed by atoms with Gasteiger partial charge < -0.3 is 10.5 Å². The monoisotopic (exact) mass is 269 g/mol. The van der Waals surface area contributed by atoms with Crippen LogP contribution in [0.4, 0.5) is 8.78 Å². The fourth-order valence-electron chi connectivity index (χ4n) is 3.08.